The molecule has 0 bridgehead atoms. The molecule has 24 heavy (non-hydrogen) atoms. The minimum absolute atomic E-state index is 0.165. The van der Waals surface area contributed by atoms with Crippen LogP contribution in [0.5, 0.6) is 0 Å². The molecule has 1 aromatic rings. The Labute approximate surface area is 143 Å². The summed E-state index contributed by atoms with van der Waals surface area (Å²) in [7, 11) is 0. The van der Waals surface area contributed by atoms with Crippen molar-refractivity contribution in [2.75, 3.05) is 32.7 Å². The minimum atomic E-state index is -0.185. The summed E-state index contributed by atoms with van der Waals surface area (Å²) in [4.78, 5) is 16.9. The van der Waals surface area contributed by atoms with Gasteiger partial charge in [-0.3, -0.25) is 14.6 Å². The van der Waals surface area contributed by atoms with E-state index in [1.165, 1.54) is 6.42 Å². The van der Waals surface area contributed by atoms with Crippen LogP contribution in [0.4, 0.5) is 0 Å². The molecule has 2 aliphatic rings. The van der Waals surface area contributed by atoms with Crippen LogP contribution in [0.1, 0.15) is 48.9 Å². The molecule has 2 saturated heterocycles. The van der Waals surface area contributed by atoms with Gasteiger partial charge in [-0.2, -0.15) is 0 Å². The van der Waals surface area contributed by atoms with Crippen molar-refractivity contribution in [3.8, 4) is 0 Å². The maximum atomic E-state index is 12.2. The Kier molecular flexibility index (Phi) is 5.86. The molecule has 0 spiro atoms. The monoisotopic (exact) mass is 336 g/mol. The molecule has 0 saturated carbocycles. The van der Waals surface area contributed by atoms with Crippen molar-refractivity contribution in [3.05, 3.63) is 17.5 Å². The van der Waals surface area contributed by atoms with Gasteiger partial charge in [0, 0.05) is 31.7 Å². The van der Waals surface area contributed by atoms with Crippen LogP contribution in [0.15, 0.2) is 10.6 Å². The molecule has 0 aliphatic carbocycles. The number of rotatable bonds is 6. The molecule has 1 aromatic heterocycles. The predicted molar refractivity (Wildman–Crippen MR) is 89.6 cm³/mol. The Morgan fingerprint density at radius 3 is 2.92 bits per heavy atom. The summed E-state index contributed by atoms with van der Waals surface area (Å²) in [5.41, 5.74) is 0.350. The topological polar surface area (TPSA) is 81.8 Å². The zero-order chi connectivity index (χ0) is 16.9. The number of hydrogen-bond acceptors (Lipinski definition) is 6. The molecule has 7 heteroatoms. The summed E-state index contributed by atoms with van der Waals surface area (Å²) < 4.78 is 5.30. The third kappa shape index (κ3) is 4.34. The lowest BCUT2D eigenvalue weighted by Gasteiger charge is -2.28. The van der Waals surface area contributed by atoms with Crippen LogP contribution < -0.4 is 5.32 Å². The predicted octanol–water partition coefficient (Wildman–Crippen LogP) is 0.845. The third-order valence-corrected chi connectivity index (χ3v) is 5.13. The fraction of sp³-hybridized carbons (Fsp3) is 0.765. The lowest BCUT2D eigenvalue weighted by atomic mass is 10.1. The molecule has 0 radical (unpaired) electrons. The molecule has 7 nitrogen and oxygen atoms in total. The van der Waals surface area contributed by atoms with Gasteiger partial charge < -0.3 is 14.9 Å². The first-order valence-electron chi connectivity index (χ1n) is 9.04. The van der Waals surface area contributed by atoms with Crippen LogP contribution in [0.3, 0.4) is 0 Å². The average Bonchev–Trinajstić information content (AvgIpc) is 3.23. The summed E-state index contributed by atoms with van der Waals surface area (Å²) in [6, 6.07) is 2.16. The zero-order valence-electron chi connectivity index (χ0n) is 14.4. The fourth-order valence-corrected chi connectivity index (χ4v) is 3.64. The Morgan fingerprint density at radius 2 is 2.17 bits per heavy atom. The molecule has 0 unspecified atom stereocenters. The van der Waals surface area contributed by atoms with Gasteiger partial charge in [0.05, 0.1) is 12.6 Å². The number of amides is 1. The molecular weight excluding hydrogens is 308 g/mol. The van der Waals surface area contributed by atoms with E-state index in [2.05, 4.69) is 27.2 Å². The number of aliphatic hydroxyl groups is 1. The number of likely N-dealkylation sites (tertiary alicyclic amines) is 2. The maximum Gasteiger partial charge on any atom is 0.273 e. The van der Waals surface area contributed by atoms with Crippen LogP contribution >= 0.6 is 0 Å². The van der Waals surface area contributed by atoms with E-state index in [1.54, 1.807) is 6.07 Å². The number of carbonyl (C=O) groups excluding carboxylic acids is 1. The van der Waals surface area contributed by atoms with E-state index < -0.39 is 0 Å². The number of aliphatic hydroxyl groups excluding tert-OH is 1. The van der Waals surface area contributed by atoms with E-state index in [0.29, 0.717) is 30.6 Å². The first kappa shape index (κ1) is 17.4. The molecule has 0 aromatic carbocycles. The van der Waals surface area contributed by atoms with Gasteiger partial charge in [0.15, 0.2) is 11.5 Å². The van der Waals surface area contributed by atoms with Gasteiger partial charge in [0.2, 0.25) is 0 Å². The molecule has 2 N–H and O–H groups in total. The Morgan fingerprint density at radius 1 is 1.38 bits per heavy atom. The lowest BCUT2D eigenvalue weighted by Crippen LogP contribution is -2.40. The minimum Gasteiger partial charge on any atom is -0.393 e. The number of likely N-dealkylation sites (N-methyl/N-ethyl adjacent to an activating group) is 1. The van der Waals surface area contributed by atoms with Crippen molar-refractivity contribution in [2.45, 2.75) is 51.3 Å². The van der Waals surface area contributed by atoms with Crippen molar-refractivity contribution in [3.63, 3.8) is 0 Å². The molecular formula is C17H28N4O3. The van der Waals surface area contributed by atoms with Gasteiger partial charge in [0.1, 0.15) is 0 Å². The summed E-state index contributed by atoms with van der Waals surface area (Å²) in [6.07, 6.45) is 3.73. The van der Waals surface area contributed by atoms with Gasteiger partial charge in [-0.05, 0) is 38.8 Å². The number of carbonyl (C=O) groups is 1. The molecule has 2 aliphatic heterocycles. The molecule has 2 fully saturated rings. The first-order chi connectivity index (χ1) is 11.7. The molecule has 1 amide bonds. The highest BCUT2D eigenvalue weighted by Crippen LogP contribution is 2.16. The Bertz CT molecular complexity index is 540. The highest BCUT2D eigenvalue weighted by Gasteiger charge is 2.24. The summed E-state index contributed by atoms with van der Waals surface area (Å²) >= 11 is 0. The lowest BCUT2D eigenvalue weighted by molar-refractivity contribution is 0.0748. The quantitative estimate of drug-likeness (QED) is 0.801. The average molecular weight is 336 g/mol. The summed E-state index contributed by atoms with van der Waals surface area (Å²) in [5, 5.41) is 16.4. The second-order valence-electron chi connectivity index (χ2n) is 6.82. The SMILES string of the molecule is CCN1CCC[C@@H]1CNC(=O)c1cc(CN2CCC(O)CC2)on1. The van der Waals surface area contributed by atoms with Crippen molar-refractivity contribution in [2.24, 2.45) is 0 Å². The van der Waals surface area contributed by atoms with E-state index in [0.717, 1.165) is 45.4 Å². The van der Waals surface area contributed by atoms with E-state index >= 15 is 0 Å². The largest absolute Gasteiger partial charge is 0.393 e. The number of hydrogen-bond donors (Lipinski definition) is 2. The zero-order valence-corrected chi connectivity index (χ0v) is 14.4. The van der Waals surface area contributed by atoms with Gasteiger partial charge in [-0.25, -0.2) is 0 Å². The molecule has 134 valence electrons. The molecule has 1 atom stereocenters. The van der Waals surface area contributed by atoms with Crippen molar-refractivity contribution >= 4 is 5.91 Å². The highest BCUT2D eigenvalue weighted by atomic mass is 16.5. The van der Waals surface area contributed by atoms with Crippen LogP contribution in [0.2, 0.25) is 0 Å². The van der Waals surface area contributed by atoms with Crippen LogP contribution in [-0.4, -0.2) is 70.8 Å². The number of nitrogens with one attached hydrogen (secondary N) is 1. The Hall–Kier alpha value is -1.44. The van der Waals surface area contributed by atoms with Crippen molar-refractivity contribution < 1.29 is 14.4 Å². The second-order valence-corrected chi connectivity index (χ2v) is 6.82. The normalized spacial score (nSPS) is 23.7. The highest BCUT2D eigenvalue weighted by molar-refractivity contribution is 5.92. The first-order valence-corrected chi connectivity index (χ1v) is 9.04. The van der Waals surface area contributed by atoms with Crippen LogP contribution in [0, 0.1) is 0 Å². The number of aromatic nitrogens is 1. The van der Waals surface area contributed by atoms with Crippen molar-refractivity contribution in [1.82, 2.24) is 20.3 Å². The van der Waals surface area contributed by atoms with Gasteiger partial charge in [-0.1, -0.05) is 12.1 Å². The van der Waals surface area contributed by atoms with E-state index in [9.17, 15) is 9.90 Å². The Balaban J connectivity index is 1.47. The van der Waals surface area contributed by atoms with Crippen LogP contribution in [0.25, 0.3) is 0 Å². The second kappa shape index (κ2) is 8.09. The van der Waals surface area contributed by atoms with Gasteiger partial charge >= 0.3 is 0 Å². The smallest absolute Gasteiger partial charge is 0.273 e. The van der Waals surface area contributed by atoms with Gasteiger partial charge in [-0.15, -0.1) is 0 Å². The van der Waals surface area contributed by atoms with Gasteiger partial charge in [0.25, 0.3) is 5.91 Å². The van der Waals surface area contributed by atoms with E-state index in [1.807, 2.05) is 0 Å². The maximum absolute atomic E-state index is 12.2. The van der Waals surface area contributed by atoms with Crippen molar-refractivity contribution in [1.29, 1.82) is 0 Å². The molecule has 3 heterocycles. The van der Waals surface area contributed by atoms with Crippen LogP contribution in [-0.2, 0) is 6.54 Å². The number of piperidine rings is 1. The summed E-state index contributed by atoms with van der Waals surface area (Å²) in [5.74, 6) is 0.537. The number of nitrogens with zero attached hydrogens (tertiary/aromatic N) is 3. The van der Waals surface area contributed by atoms with E-state index in [4.69, 9.17) is 4.52 Å². The summed E-state index contributed by atoms with van der Waals surface area (Å²) in [6.45, 7) is 7.30. The fourth-order valence-electron chi connectivity index (χ4n) is 3.64. The van der Waals surface area contributed by atoms with E-state index in [-0.39, 0.29) is 12.0 Å². The molecule has 3 rings (SSSR count). The third-order valence-electron chi connectivity index (χ3n) is 5.13. The standard InChI is InChI=1S/C17H28N4O3/c1-2-21-7-3-4-13(21)11-18-17(23)16-10-15(24-19-16)12-20-8-5-14(22)6-9-20/h10,13-14,22H,2-9,11-12H2,1H3,(H,18,23)/t13-/m1/s1.